The summed E-state index contributed by atoms with van der Waals surface area (Å²) < 4.78 is 33.2. The highest BCUT2D eigenvalue weighted by Gasteiger charge is 2.23. The topological polar surface area (TPSA) is 72.2 Å². The molecule has 0 bridgehead atoms. The molecule has 3 rings (SSSR count). The third-order valence-corrected chi connectivity index (χ3v) is 6.58. The highest BCUT2D eigenvalue weighted by molar-refractivity contribution is 7.93. The van der Waals surface area contributed by atoms with Gasteiger partial charge in [-0.2, -0.15) is 0 Å². The number of hydrogen-bond acceptors (Lipinski definition) is 5. The largest absolute Gasteiger partial charge is 0.355 e. The van der Waals surface area contributed by atoms with E-state index in [1.807, 2.05) is 13.8 Å². The lowest BCUT2D eigenvalue weighted by Crippen LogP contribution is -2.12. The second-order valence-electron chi connectivity index (χ2n) is 5.37. The van der Waals surface area contributed by atoms with Crippen LogP contribution in [0, 0.1) is 20.8 Å². The third kappa shape index (κ3) is 3.19. The van der Waals surface area contributed by atoms with Crippen molar-refractivity contribution in [3.8, 4) is 10.6 Å². The van der Waals surface area contributed by atoms with Crippen molar-refractivity contribution in [2.24, 2.45) is 0 Å². The number of nitrogens with zero attached hydrogens (tertiary/aromatic N) is 1. The Hall–Kier alpha value is -1.83. The highest BCUT2D eigenvalue weighted by atomic mass is 35.5. The molecule has 24 heavy (non-hydrogen) atoms. The summed E-state index contributed by atoms with van der Waals surface area (Å²) in [5.74, 6) is 0.605. The standard InChI is InChI=1S/C16H15ClN2O3S2/c1-9-10(2)18-22-16(9)14-8-15(11(3)23-14)24(20,21)19-13-6-4-12(17)5-7-13/h4-8,19H,1-3H3. The van der Waals surface area contributed by atoms with E-state index in [0.717, 1.165) is 16.1 Å². The van der Waals surface area contributed by atoms with Gasteiger partial charge in [0.1, 0.15) is 4.90 Å². The van der Waals surface area contributed by atoms with Gasteiger partial charge in [-0.3, -0.25) is 4.72 Å². The number of halogens is 1. The molecule has 0 aliphatic heterocycles. The lowest BCUT2D eigenvalue weighted by atomic mass is 10.2. The van der Waals surface area contributed by atoms with Gasteiger partial charge in [0, 0.05) is 21.2 Å². The summed E-state index contributed by atoms with van der Waals surface area (Å²) in [7, 11) is -3.69. The van der Waals surface area contributed by atoms with Crippen molar-refractivity contribution in [1.29, 1.82) is 0 Å². The van der Waals surface area contributed by atoms with Gasteiger partial charge in [-0.1, -0.05) is 16.8 Å². The molecule has 0 aliphatic carbocycles. The van der Waals surface area contributed by atoms with Crippen LogP contribution in [-0.4, -0.2) is 13.6 Å². The van der Waals surface area contributed by atoms with E-state index in [2.05, 4.69) is 9.88 Å². The summed E-state index contributed by atoms with van der Waals surface area (Å²) in [6.07, 6.45) is 0. The lowest BCUT2D eigenvalue weighted by molar-refractivity contribution is 0.427. The lowest BCUT2D eigenvalue weighted by Gasteiger charge is -2.07. The van der Waals surface area contributed by atoms with Gasteiger partial charge in [0.15, 0.2) is 5.76 Å². The number of anilines is 1. The molecule has 0 atom stereocenters. The molecular formula is C16H15ClN2O3S2. The Morgan fingerprint density at radius 3 is 2.42 bits per heavy atom. The van der Waals surface area contributed by atoms with Crippen LogP contribution in [0.4, 0.5) is 5.69 Å². The van der Waals surface area contributed by atoms with E-state index in [4.69, 9.17) is 16.1 Å². The summed E-state index contributed by atoms with van der Waals surface area (Å²) in [6, 6.07) is 8.11. The van der Waals surface area contributed by atoms with E-state index >= 15 is 0 Å². The van der Waals surface area contributed by atoms with Crippen molar-refractivity contribution >= 4 is 38.6 Å². The predicted octanol–water partition coefficient (Wildman–Crippen LogP) is 4.78. The maximum absolute atomic E-state index is 12.7. The maximum Gasteiger partial charge on any atom is 0.263 e. The highest BCUT2D eigenvalue weighted by Crippen LogP contribution is 2.36. The first-order chi connectivity index (χ1) is 11.3. The molecule has 1 aromatic carbocycles. The van der Waals surface area contributed by atoms with E-state index in [-0.39, 0.29) is 4.90 Å². The van der Waals surface area contributed by atoms with Gasteiger partial charge in [0.25, 0.3) is 10.0 Å². The zero-order chi connectivity index (χ0) is 17.5. The molecule has 0 spiro atoms. The summed E-state index contributed by atoms with van der Waals surface area (Å²) in [4.78, 5) is 1.65. The molecule has 0 fully saturated rings. The molecule has 0 radical (unpaired) electrons. The summed E-state index contributed by atoms with van der Waals surface area (Å²) >= 11 is 7.18. The monoisotopic (exact) mass is 382 g/mol. The fourth-order valence-electron chi connectivity index (χ4n) is 2.22. The zero-order valence-corrected chi connectivity index (χ0v) is 15.6. The quantitative estimate of drug-likeness (QED) is 0.704. The van der Waals surface area contributed by atoms with Crippen molar-refractivity contribution in [2.45, 2.75) is 25.7 Å². The molecule has 3 aromatic rings. The Labute approximate surface area is 149 Å². The first-order valence-electron chi connectivity index (χ1n) is 7.10. The minimum absolute atomic E-state index is 0.228. The van der Waals surface area contributed by atoms with Crippen molar-refractivity contribution < 1.29 is 12.9 Å². The molecule has 1 N–H and O–H groups in total. The van der Waals surface area contributed by atoms with E-state index in [0.29, 0.717) is 21.3 Å². The van der Waals surface area contributed by atoms with E-state index in [1.165, 1.54) is 11.3 Å². The summed E-state index contributed by atoms with van der Waals surface area (Å²) in [5, 5.41) is 4.47. The molecule has 126 valence electrons. The smallest absolute Gasteiger partial charge is 0.263 e. The van der Waals surface area contributed by atoms with E-state index < -0.39 is 10.0 Å². The molecule has 0 saturated carbocycles. The predicted molar refractivity (Wildman–Crippen MR) is 96.3 cm³/mol. The Morgan fingerprint density at radius 2 is 1.83 bits per heavy atom. The molecule has 8 heteroatoms. The fourth-order valence-corrected chi connectivity index (χ4v) is 5.03. The first-order valence-corrected chi connectivity index (χ1v) is 9.78. The van der Waals surface area contributed by atoms with Crippen molar-refractivity contribution in [1.82, 2.24) is 5.16 Å². The van der Waals surface area contributed by atoms with Gasteiger partial charge >= 0.3 is 0 Å². The van der Waals surface area contributed by atoms with Gasteiger partial charge in [-0.15, -0.1) is 11.3 Å². The van der Waals surface area contributed by atoms with Gasteiger partial charge < -0.3 is 4.52 Å². The zero-order valence-electron chi connectivity index (χ0n) is 13.3. The number of rotatable bonds is 4. The Kier molecular flexibility index (Phi) is 4.42. The second kappa shape index (κ2) is 6.23. The molecule has 5 nitrogen and oxygen atoms in total. The number of sulfonamides is 1. The number of benzene rings is 1. The number of thiophene rings is 1. The van der Waals surface area contributed by atoms with Crippen LogP contribution in [0.15, 0.2) is 39.8 Å². The van der Waals surface area contributed by atoms with Crippen LogP contribution in [0.25, 0.3) is 10.6 Å². The number of nitrogens with one attached hydrogen (secondary N) is 1. The van der Waals surface area contributed by atoms with Crippen LogP contribution in [0.3, 0.4) is 0 Å². The number of hydrogen-bond donors (Lipinski definition) is 1. The Balaban J connectivity index is 1.97. The maximum atomic E-state index is 12.7. The molecular weight excluding hydrogens is 368 g/mol. The Morgan fingerprint density at radius 1 is 1.17 bits per heavy atom. The van der Waals surface area contributed by atoms with Gasteiger partial charge in [-0.25, -0.2) is 8.42 Å². The van der Waals surface area contributed by atoms with Crippen LogP contribution in [-0.2, 0) is 10.0 Å². The van der Waals surface area contributed by atoms with Crippen molar-refractivity contribution in [2.75, 3.05) is 4.72 Å². The summed E-state index contributed by atoms with van der Waals surface area (Å²) in [5.41, 5.74) is 2.16. The van der Waals surface area contributed by atoms with Crippen LogP contribution in [0.5, 0.6) is 0 Å². The van der Waals surface area contributed by atoms with Crippen LogP contribution in [0.1, 0.15) is 16.1 Å². The molecule has 0 amide bonds. The molecule has 0 saturated heterocycles. The number of aromatic nitrogens is 1. The number of aryl methyl sites for hydroxylation is 2. The minimum atomic E-state index is -3.69. The van der Waals surface area contributed by atoms with E-state index in [1.54, 1.807) is 37.3 Å². The van der Waals surface area contributed by atoms with Crippen molar-refractivity contribution in [3.05, 3.63) is 51.5 Å². The van der Waals surface area contributed by atoms with Gasteiger partial charge in [-0.05, 0) is 51.1 Å². The molecule has 2 heterocycles. The van der Waals surface area contributed by atoms with E-state index in [9.17, 15) is 8.42 Å². The second-order valence-corrected chi connectivity index (χ2v) is 8.71. The van der Waals surface area contributed by atoms with Crippen LogP contribution < -0.4 is 4.72 Å². The average molecular weight is 383 g/mol. The fraction of sp³-hybridized carbons (Fsp3) is 0.188. The summed E-state index contributed by atoms with van der Waals surface area (Å²) in [6.45, 7) is 5.52. The minimum Gasteiger partial charge on any atom is -0.355 e. The normalized spacial score (nSPS) is 11.7. The molecule has 0 aliphatic rings. The van der Waals surface area contributed by atoms with Crippen molar-refractivity contribution in [3.63, 3.8) is 0 Å². The molecule has 2 aromatic heterocycles. The SMILES string of the molecule is Cc1noc(-c2cc(S(=O)(=O)Nc3ccc(Cl)cc3)c(C)s2)c1C. The average Bonchev–Trinajstić information content (AvgIpc) is 3.06. The Bertz CT molecular complexity index is 989. The first kappa shape index (κ1) is 17.0. The van der Waals surface area contributed by atoms with Crippen LogP contribution in [0.2, 0.25) is 5.02 Å². The van der Waals surface area contributed by atoms with Gasteiger partial charge in [0.2, 0.25) is 0 Å². The van der Waals surface area contributed by atoms with Gasteiger partial charge in [0.05, 0.1) is 10.6 Å². The van der Waals surface area contributed by atoms with Crippen LogP contribution >= 0.6 is 22.9 Å². The third-order valence-electron chi connectivity index (χ3n) is 3.64. The molecule has 0 unspecified atom stereocenters.